The minimum Gasteiger partial charge on any atom is -0.334 e. The molecule has 0 aromatic carbocycles. The third kappa shape index (κ3) is 3.48. The Morgan fingerprint density at radius 1 is 1.35 bits per heavy atom. The molecule has 0 bridgehead atoms. The number of aryl methyl sites for hydroxylation is 3. The molecule has 0 atom stereocenters. The van der Waals surface area contributed by atoms with Crippen LogP contribution < -0.4 is 0 Å². The second-order valence-electron chi connectivity index (χ2n) is 5.38. The molecule has 5 heteroatoms. The van der Waals surface area contributed by atoms with Crippen molar-refractivity contribution in [3.63, 3.8) is 0 Å². The Balaban J connectivity index is 1.80. The summed E-state index contributed by atoms with van der Waals surface area (Å²) in [5, 5.41) is 7.29. The van der Waals surface area contributed by atoms with Crippen LogP contribution in [0.3, 0.4) is 0 Å². The number of nitrogens with zero attached hydrogens (tertiary/aromatic N) is 4. The van der Waals surface area contributed by atoms with E-state index in [9.17, 15) is 0 Å². The summed E-state index contributed by atoms with van der Waals surface area (Å²) in [6.07, 6.45) is 6.15. The molecule has 2 aromatic rings. The number of aromatic nitrogens is 4. The first-order valence-electron chi connectivity index (χ1n) is 7.30. The number of nitrogens with one attached hydrogen (secondary N) is 1. The van der Waals surface area contributed by atoms with Crippen LogP contribution in [-0.2, 0) is 19.5 Å². The Morgan fingerprint density at radius 3 is 2.80 bits per heavy atom. The highest BCUT2D eigenvalue weighted by atomic mass is 15.2. The van der Waals surface area contributed by atoms with Gasteiger partial charge in [0.15, 0.2) is 0 Å². The maximum atomic E-state index is 4.42. The second-order valence-corrected chi connectivity index (χ2v) is 5.38. The van der Waals surface area contributed by atoms with Gasteiger partial charge in [-0.3, -0.25) is 10.00 Å². The number of H-pyrrole nitrogens is 1. The van der Waals surface area contributed by atoms with E-state index in [4.69, 9.17) is 0 Å². The molecule has 0 spiro atoms. The second kappa shape index (κ2) is 6.70. The average Bonchev–Trinajstić information content (AvgIpc) is 2.99. The van der Waals surface area contributed by atoms with Crippen molar-refractivity contribution in [2.24, 2.45) is 0 Å². The molecule has 0 amide bonds. The van der Waals surface area contributed by atoms with Crippen molar-refractivity contribution in [3.05, 3.63) is 35.2 Å². The van der Waals surface area contributed by atoms with Crippen molar-refractivity contribution in [1.29, 1.82) is 0 Å². The van der Waals surface area contributed by atoms with Gasteiger partial charge in [0.25, 0.3) is 0 Å². The van der Waals surface area contributed by atoms with Crippen LogP contribution >= 0.6 is 0 Å². The van der Waals surface area contributed by atoms with E-state index in [-0.39, 0.29) is 0 Å². The van der Waals surface area contributed by atoms with Crippen LogP contribution in [0.1, 0.15) is 36.1 Å². The van der Waals surface area contributed by atoms with Gasteiger partial charge in [0.05, 0.1) is 12.2 Å². The van der Waals surface area contributed by atoms with Gasteiger partial charge in [-0.25, -0.2) is 4.98 Å². The van der Waals surface area contributed by atoms with Gasteiger partial charge < -0.3 is 4.57 Å². The Labute approximate surface area is 121 Å². The van der Waals surface area contributed by atoms with Crippen molar-refractivity contribution < 1.29 is 0 Å². The Hall–Kier alpha value is -1.62. The number of imidazole rings is 1. The normalized spacial score (nSPS) is 11.4. The molecule has 0 fully saturated rings. The first-order valence-corrected chi connectivity index (χ1v) is 7.30. The lowest BCUT2D eigenvalue weighted by Gasteiger charge is -2.16. The van der Waals surface area contributed by atoms with Crippen LogP contribution in [0.25, 0.3) is 0 Å². The van der Waals surface area contributed by atoms with E-state index in [1.807, 2.05) is 12.4 Å². The Morgan fingerprint density at radius 2 is 2.15 bits per heavy atom. The summed E-state index contributed by atoms with van der Waals surface area (Å²) in [5.74, 6) is 1.14. The molecule has 0 aliphatic heterocycles. The van der Waals surface area contributed by atoms with Crippen LogP contribution in [0.2, 0.25) is 0 Å². The maximum Gasteiger partial charge on any atom is 0.122 e. The third-order valence-corrected chi connectivity index (χ3v) is 3.80. The molecule has 1 N–H and O–H groups in total. The summed E-state index contributed by atoms with van der Waals surface area (Å²) in [4.78, 5) is 6.75. The van der Waals surface area contributed by atoms with E-state index in [1.165, 1.54) is 11.3 Å². The summed E-state index contributed by atoms with van der Waals surface area (Å²) in [6.45, 7) is 9.27. The molecule has 0 aliphatic carbocycles. The molecule has 0 saturated carbocycles. The number of hydrogen-bond donors (Lipinski definition) is 1. The van der Waals surface area contributed by atoms with Crippen molar-refractivity contribution in [3.8, 4) is 0 Å². The molecule has 20 heavy (non-hydrogen) atoms. The fraction of sp³-hybridized carbons (Fsp3) is 0.600. The molecule has 110 valence electrons. The number of aromatic amines is 1. The fourth-order valence-electron chi connectivity index (χ4n) is 2.57. The van der Waals surface area contributed by atoms with E-state index in [2.05, 4.69) is 52.5 Å². The van der Waals surface area contributed by atoms with Gasteiger partial charge in [0.2, 0.25) is 0 Å². The molecule has 2 heterocycles. The molecule has 0 radical (unpaired) electrons. The van der Waals surface area contributed by atoms with E-state index < -0.39 is 0 Å². The first-order chi connectivity index (χ1) is 9.61. The summed E-state index contributed by atoms with van der Waals surface area (Å²) in [5.41, 5.74) is 3.70. The van der Waals surface area contributed by atoms with Gasteiger partial charge in [0.1, 0.15) is 5.82 Å². The highest BCUT2D eigenvalue weighted by Gasteiger charge is 2.08. The molecule has 2 aromatic heterocycles. The number of rotatable bonds is 7. The van der Waals surface area contributed by atoms with Gasteiger partial charge in [-0.05, 0) is 52.8 Å². The van der Waals surface area contributed by atoms with Gasteiger partial charge in [-0.15, -0.1) is 0 Å². The Kier molecular flexibility index (Phi) is 4.95. The predicted molar refractivity (Wildman–Crippen MR) is 80.6 cm³/mol. The van der Waals surface area contributed by atoms with E-state index in [0.29, 0.717) is 0 Å². The lowest BCUT2D eigenvalue weighted by atomic mass is 10.1. The van der Waals surface area contributed by atoms with Gasteiger partial charge >= 0.3 is 0 Å². The zero-order valence-corrected chi connectivity index (χ0v) is 13.0. The molecule has 5 nitrogen and oxygen atoms in total. The van der Waals surface area contributed by atoms with Crippen LogP contribution in [0.15, 0.2) is 12.4 Å². The summed E-state index contributed by atoms with van der Waals surface area (Å²) >= 11 is 0. The molecule has 2 rings (SSSR count). The van der Waals surface area contributed by atoms with Crippen LogP contribution in [0, 0.1) is 13.8 Å². The monoisotopic (exact) mass is 275 g/mol. The van der Waals surface area contributed by atoms with Crippen molar-refractivity contribution in [1.82, 2.24) is 24.6 Å². The van der Waals surface area contributed by atoms with E-state index >= 15 is 0 Å². The topological polar surface area (TPSA) is 49.7 Å². The van der Waals surface area contributed by atoms with Crippen molar-refractivity contribution >= 4 is 0 Å². The summed E-state index contributed by atoms with van der Waals surface area (Å²) < 4.78 is 2.20. The quantitative estimate of drug-likeness (QED) is 0.843. The van der Waals surface area contributed by atoms with E-state index in [1.54, 1.807) is 0 Å². The smallest absolute Gasteiger partial charge is 0.122 e. The molecular formula is C15H25N5. The van der Waals surface area contributed by atoms with Crippen LogP contribution in [0.5, 0.6) is 0 Å². The summed E-state index contributed by atoms with van der Waals surface area (Å²) in [7, 11) is 2.16. The fourth-order valence-corrected chi connectivity index (χ4v) is 2.57. The molecule has 0 saturated heterocycles. The van der Waals surface area contributed by atoms with Gasteiger partial charge in [0, 0.05) is 24.6 Å². The standard InChI is InChI=1S/C15H25N5/c1-5-20-10-8-16-15(20)11-19(4)9-6-7-14-12(2)17-18-13(14)3/h8,10H,5-7,9,11H2,1-4H3,(H,17,18). The van der Waals surface area contributed by atoms with Gasteiger partial charge in [-0.2, -0.15) is 5.10 Å². The third-order valence-electron chi connectivity index (χ3n) is 3.80. The molecule has 0 aliphatic rings. The highest BCUT2D eigenvalue weighted by Crippen LogP contribution is 2.12. The highest BCUT2D eigenvalue weighted by molar-refractivity contribution is 5.23. The SMILES string of the molecule is CCn1ccnc1CN(C)CCCc1c(C)n[nH]c1C. The predicted octanol–water partition coefficient (Wildman–Crippen LogP) is 2.31. The minimum absolute atomic E-state index is 0.907. The first kappa shape index (κ1) is 14.8. The van der Waals surface area contributed by atoms with E-state index in [0.717, 1.165) is 44.0 Å². The Bertz CT molecular complexity index is 521. The molecular weight excluding hydrogens is 250 g/mol. The lowest BCUT2D eigenvalue weighted by Crippen LogP contribution is -2.22. The zero-order chi connectivity index (χ0) is 14.5. The van der Waals surface area contributed by atoms with Crippen molar-refractivity contribution in [2.75, 3.05) is 13.6 Å². The number of hydrogen-bond acceptors (Lipinski definition) is 3. The van der Waals surface area contributed by atoms with Crippen molar-refractivity contribution in [2.45, 2.75) is 46.7 Å². The lowest BCUT2D eigenvalue weighted by molar-refractivity contribution is 0.309. The zero-order valence-electron chi connectivity index (χ0n) is 13.0. The van der Waals surface area contributed by atoms with Crippen LogP contribution in [-0.4, -0.2) is 38.2 Å². The summed E-state index contributed by atoms with van der Waals surface area (Å²) in [6, 6.07) is 0. The van der Waals surface area contributed by atoms with Gasteiger partial charge in [-0.1, -0.05) is 0 Å². The largest absolute Gasteiger partial charge is 0.334 e. The average molecular weight is 275 g/mol. The molecule has 0 unspecified atom stereocenters. The minimum atomic E-state index is 0.907. The van der Waals surface area contributed by atoms with Crippen LogP contribution in [0.4, 0.5) is 0 Å². The maximum absolute atomic E-state index is 4.42.